The van der Waals surface area contributed by atoms with E-state index in [1.54, 1.807) is 6.92 Å². The Hall–Kier alpha value is -2.34. The third kappa shape index (κ3) is 3.53. The minimum atomic E-state index is -0.304. The van der Waals surface area contributed by atoms with Gasteiger partial charge in [-0.05, 0) is 37.3 Å². The first-order valence-electron chi connectivity index (χ1n) is 9.78. The molecule has 0 aliphatic heterocycles. The first-order valence-corrected chi connectivity index (χ1v) is 10.3. The zero-order valence-corrected chi connectivity index (χ0v) is 16.6. The van der Waals surface area contributed by atoms with Gasteiger partial charge in [-0.3, -0.25) is 9.59 Å². The molecule has 0 unspecified atom stereocenters. The lowest BCUT2D eigenvalue weighted by Gasteiger charge is -2.23. The SMILES string of the molecule is Cc1onc(C2CCCC2)c1C(=O)N[C@@H]1Cc2ccccc2[C@H]1NC(=O)CCl. The van der Waals surface area contributed by atoms with Gasteiger partial charge in [0.15, 0.2) is 0 Å². The monoisotopic (exact) mass is 401 g/mol. The van der Waals surface area contributed by atoms with E-state index in [0.717, 1.165) is 42.5 Å². The summed E-state index contributed by atoms with van der Waals surface area (Å²) in [5, 5.41) is 10.3. The topological polar surface area (TPSA) is 84.2 Å². The summed E-state index contributed by atoms with van der Waals surface area (Å²) in [6.45, 7) is 1.77. The maximum atomic E-state index is 13.2. The Balaban J connectivity index is 1.57. The van der Waals surface area contributed by atoms with E-state index in [-0.39, 0.29) is 35.7 Å². The largest absolute Gasteiger partial charge is 0.361 e. The van der Waals surface area contributed by atoms with Gasteiger partial charge in [0, 0.05) is 5.92 Å². The molecule has 4 rings (SSSR count). The lowest BCUT2D eigenvalue weighted by atomic mass is 9.98. The molecule has 0 radical (unpaired) electrons. The van der Waals surface area contributed by atoms with E-state index in [9.17, 15) is 9.59 Å². The molecule has 2 aliphatic rings. The zero-order valence-electron chi connectivity index (χ0n) is 15.8. The second-order valence-corrected chi connectivity index (χ2v) is 7.91. The van der Waals surface area contributed by atoms with E-state index in [4.69, 9.17) is 16.1 Å². The van der Waals surface area contributed by atoms with Crippen LogP contribution in [0, 0.1) is 6.92 Å². The van der Waals surface area contributed by atoms with Crippen molar-refractivity contribution in [1.82, 2.24) is 15.8 Å². The van der Waals surface area contributed by atoms with Crippen LogP contribution in [0.5, 0.6) is 0 Å². The van der Waals surface area contributed by atoms with Crippen LogP contribution >= 0.6 is 11.6 Å². The van der Waals surface area contributed by atoms with Crippen molar-refractivity contribution in [3.8, 4) is 0 Å². The van der Waals surface area contributed by atoms with Crippen molar-refractivity contribution in [1.29, 1.82) is 0 Å². The molecule has 0 spiro atoms. The second kappa shape index (κ2) is 7.95. The van der Waals surface area contributed by atoms with E-state index in [1.807, 2.05) is 24.3 Å². The number of benzene rings is 1. The summed E-state index contributed by atoms with van der Waals surface area (Å²) in [6, 6.07) is 7.35. The number of aromatic nitrogens is 1. The molecule has 1 fully saturated rings. The van der Waals surface area contributed by atoms with Gasteiger partial charge in [0.1, 0.15) is 17.2 Å². The van der Waals surface area contributed by atoms with Crippen molar-refractivity contribution in [3.05, 3.63) is 52.4 Å². The molecule has 1 aromatic heterocycles. The highest BCUT2D eigenvalue weighted by molar-refractivity contribution is 6.27. The average Bonchev–Trinajstić information content (AvgIpc) is 3.41. The molecule has 1 saturated carbocycles. The third-order valence-electron chi connectivity index (χ3n) is 5.84. The van der Waals surface area contributed by atoms with Crippen molar-refractivity contribution < 1.29 is 14.1 Å². The van der Waals surface area contributed by atoms with Gasteiger partial charge in [0.25, 0.3) is 5.91 Å². The summed E-state index contributed by atoms with van der Waals surface area (Å²) in [4.78, 5) is 25.1. The number of nitrogens with one attached hydrogen (secondary N) is 2. The Bertz CT molecular complexity index is 889. The molecule has 2 N–H and O–H groups in total. The van der Waals surface area contributed by atoms with Crippen LogP contribution in [0.2, 0.25) is 0 Å². The summed E-state index contributed by atoms with van der Waals surface area (Å²) < 4.78 is 5.37. The molecule has 0 saturated heterocycles. The van der Waals surface area contributed by atoms with E-state index >= 15 is 0 Å². The number of amides is 2. The highest BCUT2D eigenvalue weighted by Gasteiger charge is 2.36. The van der Waals surface area contributed by atoms with Gasteiger partial charge in [-0.1, -0.05) is 42.3 Å². The molecule has 148 valence electrons. The molecule has 2 atom stereocenters. The minimum absolute atomic E-state index is 0.115. The van der Waals surface area contributed by atoms with E-state index < -0.39 is 0 Å². The molecule has 7 heteroatoms. The van der Waals surface area contributed by atoms with Crippen molar-refractivity contribution in [2.45, 2.75) is 57.0 Å². The number of nitrogens with zero attached hydrogens (tertiary/aromatic N) is 1. The van der Waals surface area contributed by atoms with Gasteiger partial charge in [-0.15, -0.1) is 11.6 Å². The molecule has 1 heterocycles. The second-order valence-electron chi connectivity index (χ2n) is 7.64. The van der Waals surface area contributed by atoms with Crippen LogP contribution in [-0.4, -0.2) is 28.9 Å². The Morgan fingerprint density at radius 3 is 2.71 bits per heavy atom. The summed E-state index contributed by atoms with van der Waals surface area (Å²) in [5.74, 6) is 0.261. The van der Waals surface area contributed by atoms with Gasteiger partial charge < -0.3 is 15.2 Å². The van der Waals surface area contributed by atoms with Crippen LogP contribution in [-0.2, 0) is 11.2 Å². The van der Waals surface area contributed by atoms with E-state index in [0.29, 0.717) is 17.7 Å². The minimum Gasteiger partial charge on any atom is -0.361 e. The number of rotatable bonds is 5. The number of fused-ring (bicyclic) bond motifs is 1. The molecule has 2 aliphatic carbocycles. The number of alkyl halides is 1. The third-order valence-corrected chi connectivity index (χ3v) is 6.09. The molecule has 2 amide bonds. The zero-order chi connectivity index (χ0) is 19.7. The first-order chi connectivity index (χ1) is 13.6. The van der Waals surface area contributed by atoms with Crippen LogP contribution in [0.1, 0.15) is 70.6 Å². The molecular weight excluding hydrogens is 378 g/mol. The summed E-state index contributed by atoms with van der Waals surface area (Å²) in [7, 11) is 0. The average molecular weight is 402 g/mol. The maximum absolute atomic E-state index is 13.2. The van der Waals surface area contributed by atoms with Gasteiger partial charge in [-0.25, -0.2) is 0 Å². The predicted molar refractivity (Wildman–Crippen MR) is 105 cm³/mol. The Labute approximate surface area is 169 Å². The highest BCUT2D eigenvalue weighted by atomic mass is 35.5. The number of hydrogen-bond acceptors (Lipinski definition) is 4. The van der Waals surface area contributed by atoms with Gasteiger partial charge in [0.05, 0.1) is 17.8 Å². The van der Waals surface area contributed by atoms with Crippen molar-refractivity contribution in [2.24, 2.45) is 0 Å². The molecular formula is C21H24ClN3O3. The fraction of sp³-hybridized carbons (Fsp3) is 0.476. The van der Waals surface area contributed by atoms with E-state index in [1.165, 1.54) is 0 Å². The van der Waals surface area contributed by atoms with Crippen LogP contribution in [0.25, 0.3) is 0 Å². The lowest BCUT2D eigenvalue weighted by Crippen LogP contribution is -2.45. The van der Waals surface area contributed by atoms with E-state index in [2.05, 4.69) is 15.8 Å². The van der Waals surface area contributed by atoms with Gasteiger partial charge >= 0.3 is 0 Å². The smallest absolute Gasteiger partial charge is 0.257 e. The number of carbonyl (C=O) groups is 2. The van der Waals surface area contributed by atoms with Crippen LogP contribution in [0.15, 0.2) is 28.8 Å². The van der Waals surface area contributed by atoms with Gasteiger partial charge in [-0.2, -0.15) is 0 Å². The normalized spacial score (nSPS) is 21.5. The van der Waals surface area contributed by atoms with Crippen LogP contribution < -0.4 is 10.6 Å². The van der Waals surface area contributed by atoms with Crippen molar-refractivity contribution >= 4 is 23.4 Å². The maximum Gasteiger partial charge on any atom is 0.257 e. The van der Waals surface area contributed by atoms with Crippen LogP contribution in [0.4, 0.5) is 0 Å². The van der Waals surface area contributed by atoms with Crippen molar-refractivity contribution in [3.63, 3.8) is 0 Å². The first kappa shape index (κ1) is 19.0. The summed E-state index contributed by atoms with van der Waals surface area (Å²) in [5.41, 5.74) is 3.45. The fourth-order valence-electron chi connectivity index (χ4n) is 4.50. The fourth-order valence-corrected chi connectivity index (χ4v) is 4.58. The predicted octanol–water partition coefficient (Wildman–Crippen LogP) is 3.39. The molecule has 0 bridgehead atoms. The number of hydrogen-bond donors (Lipinski definition) is 2. The molecule has 1 aromatic carbocycles. The standard InChI is InChI=1S/C21H24ClN3O3/c1-12-18(19(25-28-12)13-6-2-3-7-13)21(27)23-16-10-14-8-4-5-9-15(14)20(16)24-17(26)11-22/h4-5,8-9,13,16,20H,2-3,6-7,10-11H2,1H3,(H,23,27)(H,24,26)/t16-,20-/m1/s1. The number of carbonyl (C=O) groups excluding carboxylic acids is 2. The van der Waals surface area contributed by atoms with Crippen LogP contribution in [0.3, 0.4) is 0 Å². The molecule has 28 heavy (non-hydrogen) atoms. The highest BCUT2D eigenvalue weighted by Crippen LogP contribution is 2.36. The number of aryl methyl sites for hydroxylation is 1. The lowest BCUT2D eigenvalue weighted by molar-refractivity contribution is -0.119. The van der Waals surface area contributed by atoms with Gasteiger partial charge in [0.2, 0.25) is 5.91 Å². The van der Waals surface area contributed by atoms with Crippen molar-refractivity contribution in [2.75, 3.05) is 5.88 Å². The Morgan fingerprint density at radius 1 is 1.21 bits per heavy atom. The summed E-state index contributed by atoms with van der Waals surface area (Å²) in [6.07, 6.45) is 5.04. The molecule has 2 aromatic rings. The number of halogens is 1. The Kier molecular flexibility index (Phi) is 5.40. The Morgan fingerprint density at radius 2 is 1.96 bits per heavy atom. The molecule has 6 nitrogen and oxygen atoms in total. The quantitative estimate of drug-likeness (QED) is 0.752. The summed E-state index contributed by atoms with van der Waals surface area (Å²) >= 11 is 5.69.